The average molecular weight is 547 g/mol. The van der Waals surface area contributed by atoms with Crippen molar-refractivity contribution in [3.8, 4) is 16.9 Å². The van der Waals surface area contributed by atoms with E-state index >= 15 is 0 Å². The Hall–Kier alpha value is -2.63. The first-order valence-corrected chi connectivity index (χ1v) is 15.1. The number of carbonyl (C=O) groups is 1. The zero-order chi connectivity index (χ0) is 27.7. The van der Waals surface area contributed by atoms with Crippen LogP contribution in [0.5, 0.6) is 0 Å². The SMILES string of the molecule is CCC1CC2CC(C)CC(C2)C1NCCNC(=O)c1nn(-c2ccc(C)cc2C)c(-c2ccc(Cl)cc2)c1C. The molecule has 2 aliphatic rings. The summed E-state index contributed by atoms with van der Waals surface area (Å²) < 4.78 is 1.91. The minimum absolute atomic E-state index is 0.130. The molecule has 2 aromatic carbocycles. The summed E-state index contributed by atoms with van der Waals surface area (Å²) in [4.78, 5) is 13.4. The van der Waals surface area contributed by atoms with Gasteiger partial charge in [0.15, 0.2) is 5.69 Å². The number of amides is 1. The summed E-state index contributed by atoms with van der Waals surface area (Å²) in [5.74, 6) is 3.13. The summed E-state index contributed by atoms with van der Waals surface area (Å²) in [6, 6.07) is 14.6. The molecule has 3 aromatic rings. The van der Waals surface area contributed by atoms with Gasteiger partial charge < -0.3 is 10.6 Å². The van der Waals surface area contributed by atoms with Gasteiger partial charge in [-0.15, -0.1) is 0 Å². The third kappa shape index (κ3) is 5.95. The number of aryl methyl sites for hydroxylation is 2. The zero-order valence-corrected chi connectivity index (χ0v) is 24.8. The molecular weight excluding hydrogens is 504 g/mol. The zero-order valence-electron chi connectivity index (χ0n) is 24.1. The summed E-state index contributed by atoms with van der Waals surface area (Å²) in [6.45, 7) is 12.3. The van der Waals surface area contributed by atoms with Crippen molar-refractivity contribution in [2.75, 3.05) is 13.1 Å². The van der Waals surface area contributed by atoms with Crippen LogP contribution in [0.2, 0.25) is 5.02 Å². The highest BCUT2D eigenvalue weighted by molar-refractivity contribution is 6.30. The molecule has 5 atom stereocenters. The van der Waals surface area contributed by atoms with E-state index in [1.807, 2.05) is 35.9 Å². The highest BCUT2D eigenvalue weighted by Crippen LogP contribution is 2.45. The van der Waals surface area contributed by atoms with Gasteiger partial charge in [-0.3, -0.25) is 4.79 Å². The topological polar surface area (TPSA) is 58.9 Å². The number of nitrogens with zero attached hydrogens (tertiary/aromatic N) is 2. The number of nitrogens with one attached hydrogen (secondary N) is 2. The third-order valence-corrected chi connectivity index (χ3v) is 9.33. The standard InChI is InChI=1S/C33H43ClN4O/c1-6-25-18-24-16-21(3)17-27(19-24)31(25)35-13-14-36-33(39)30-23(5)32(26-8-10-28(34)11-9-26)38(37-30)29-12-7-20(2)15-22(29)4/h7-12,15,21,24-25,27,31,35H,6,13-14,16-19H2,1-5H3,(H,36,39). The van der Waals surface area contributed by atoms with Crippen molar-refractivity contribution < 1.29 is 4.79 Å². The van der Waals surface area contributed by atoms with E-state index in [1.165, 1.54) is 37.7 Å². The normalized spacial score (nSPS) is 24.5. The summed E-state index contributed by atoms with van der Waals surface area (Å²) in [5.41, 5.74) is 6.50. The van der Waals surface area contributed by atoms with E-state index in [0.29, 0.717) is 23.3 Å². The van der Waals surface area contributed by atoms with E-state index in [9.17, 15) is 4.79 Å². The first kappa shape index (κ1) is 27.9. The molecule has 0 spiro atoms. The number of fused-ring (bicyclic) bond motifs is 2. The van der Waals surface area contributed by atoms with Crippen LogP contribution in [0.4, 0.5) is 0 Å². The molecule has 208 valence electrons. The number of carbonyl (C=O) groups excluding carboxylic acids is 1. The molecule has 2 saturated carbocycles. The smallest absolute Gasteiger partial charge is 0.272 e. The molecule has 2 N–H and O–H groups in total. The van der Waals surface area contributed by atoms with Crippen molar-refractivity contribution in [1.82, 2.24) is 20.4 Å². The van der Waals surface area contributed by atoms with Gasteiger partial charge in [-0.2, -0.15) is 5.10 Å². The van der Waals surface area contributed by atoms with Gasteiger partial charge in [0.2, 0.25) is 0 Å². The van der Waals surface area contributed by atoms with E-state index in [-0.39, 0.29) is 5.91 Å². The Kier molecular flexibility index (Phi) is 8.49. The Balaban J connectivity index is 1.32. The van der Waals surface area contributed by atoms with Crippen LogP contribution in [0.15, 0.2) is 42.5 Å². The van der Waals surface area contributed by atoms with Crippen molar-refractivity contribution >= 4 is 17.5 Å². The fourth-order valence-electron chi connectivity index (χ4n) is 7.38. The van der Waals surface area contributed by atoms with Gasteiger partial charge in [-0.1, -0.05) is 61.7 Å². The van der Waals surface area contributed by atoms with Crippen LogP contribution in [0, 0.1) is 44.4 Å². The number of halogens is 1. The fraction of sp³-hybridized carbons (Fsp3) is 0.515. The van der Waals surface area contributed by atoms with E-state index in [4.69, 9.17) is 16.7 Å². The Morgan fingerprint density at radius 1 is 1.03 bits per heavy atom. The quantitative estimate of drug-likeness (QED) is 0.292. The number of aromatic nitrogens is 2. The second kappa shape index (κ2) is 11.9. The predicted molar refractivity (Wildman–Crippen MR) is 161 cm³/mol. The monoisotopic (exact) mass is 546 g/mol. The van der Waals surface area contributed by atoms with Crippen LogP contribution in [0.3, 0.4) is 0 Å². The van der Waals surface area contributed by atoms with Crippen LogP contribution >= 0.6 is 11.6 Å². The van der Waals surface area contributed by atoms with Crippen molar-refractivity contribution in [2.45, 2.75) is 72.8 Å². The third-order valence-electron chi connectivity index (χ3n) is 9.08. The van der Waals surface area contributed by atoms with E-state index in [1.54, 1.807) is 0 Å². The number of hydrogen-bond acceptors (Lipinski definition) is 3. The molecule has 2 aliphatic carbocycles. The Labute approximate surface area is 238 Å². The molecule has 1 heterocycles. The molecule has 0 radical (unpaired) electrons. The lowest BCUT2D eigenvalue weighted by Gasteiger charge is -2.47. The molecule has 1 amide bonds. The maximum atomic E-state index is 13.4. The highest BCUT2D eigenvalue weighted by atomic mass is 35.5. The maximum Gasteiger partial charge on any atom is 0.272 e. The van der Waals surface area contributed by atoms with Crippen LogP contribution in [0.1, 0.15) is 73.1 Å². The van der Waals surface area contributed by atoms with Gasteiger partial charge in [-0.25, -0.2) is 4.68 Å². The molecule has 0 saturated heterocycles. The minimum Gasteiger partial charge on any atom is -0.349 e. The fourth-order valence-corrected chi connectivity index (χ4v) is 7.50. The molecular formula is C33H43ClN4O. The lowest BCUT2D eigenvalue weighted by atomic mass is 9.62. The van der Waals surface area contributed by atoms with E-state index in [2.05, 4.69) is 56.5 Å². The summed E-state index contributed by atoms with van der Waals surface area (Å²) >= 11 is 6.18. The van der Waals surface area contributed by atoms with Gasteiger partial charge in [0, 0.05) is 35.3 Å². The lowest BCUT2D eigenvalue weighted by Crippen LogP contribution is -2.51. The van der Waals surface area contributed by atoms with Crippen molar-refractivity contribution in [3.63, 3.8) is 0 Å². The largest absolute Gasteiger partial charge is 0.349 e. The second-order valence-electron chi connectivity index (χ2n) is 12.1. The van der Waals surface area contributed by atoms with Crippen LogP contribution in [-0.4, -0.2) is 34.8 Å². The summed E-state index contributed by atoms with van der Waals surface area (Å²) in [7, 11) is 0. The van der Waals surface area contributed by atoms with Crippen molar-refractivity contribution in [1.29, 1.82) is 0 Å². The number of hydrogen-bond donors (Lipinski definition) is 2. The van der Waals surface area contributed by atoms with Gasteiger partial charge in [0.1, 0.15) is 0 Å². The van der Waals surface area contributed by atoms with Gasteiger partial charge in [-0.05, 0) is 93.9 Å². The van der Waals surface area contributed by atoms with E-state index in [0.717, 1.165) is 58.3 Å². The molecule has 1 aromatic heterocycles. The molecule has 2 fully saturated rings. The molecule has 5 rings (SSSR count). The van der Waals surface area contributed by atoms with Crippen LogP contribution in [0.25, 0.3) is 16.9 Å². The highest BCUT2D eigenvalue weighted by Gasteiger charge is 2.40. The molecule has 6 heteroatoms. The Morgan fingerprint density at radius 3 is 2.51 bits per heavy atom. The maximum absolute atomic E-state index is 13.4. The lowest BCUT2D eigenvalue weighted by molar-refractivity contribution is 0.0612. The first-order chi connectivity index (χ1) is 18.7. The van der Waals surface area contributed by atoms with Gasteiger partial charge >= 0.3 is 0 Å². The molecule has 39 heavy (non-hydrogen) atoms. The Morgan fingerprint density at radius 2 is 1.79 bits per heavy atom. The van der Waals surface area contributed by atoms with Crippen LogP contribution < -0.4 is 10.6 Å². The number of benzene rings is 2. The predicted octanol–water partition coefficient (Wildman–Crippen LogP) is 7.29. The van der Waals surface area contributed by atoms with E-state index < -0.39 is 0 Å². The van der Waals surface area contributed by atoms with Gasteiger partial charge in [0.25, 0.3) is 5.91 Å². The minimum atomic E-state index is -0.130. The Bertz CT molecular complexity index is 1310. The van der Waals surface area contributed by atoms with Gasteiger partial charge in [0.05, 0.1) is 11.4 Å². The first-order valence-electron chi connectivity index (χ1n) is 14.7. The number of rotatable bonds is 8. The second-order valence-corrected chi connectivity index (χ2v) is 12.5. The average Bonchev–Trinajstić information content (AvgIpc) is 3.24. The molecule has 0 aliphatic heterocycles. The summed E-state index contributed by atoms with van der Waals surface area (Å²) in [5, 5.41) is 12.6. The molecule has 5 unspecified atom stereocenters. The molecule has 5 nitrogen and oxygen atoms in total. The van der Waals surface area contributed by atoms with Crippen LogP contribution in [-0.2, 0) is 0 Å². The molecule has 2 bridgehead atoms. The van der Waals surface area contributed by atoms with Crippen molar-refractivity contribution in [3.05, 3.63) is 69.9 Å². The summed E-state index contributed by atoms with van der Waals surface area (Å²) in [6.07, 6.45) is 6.69. The van der Waals surface area contributed by atoms with Crippen molar-refractivity contribution in [2.24, 2.45) is 23.7 Å².